The van der Waals surface area contributed by atoms with Gasteiger partial charge in [0, 0.05) is 42.6 Å². The average molecular weight is 336 g/mol. The van der Waals surface area contributed by atoms with E-state index in [2.05, 4.69) is 40.1 Å². The van der Waals surface area contributed by atoms with Gasteiger partial charge in [0.05, 0.1) is 12.7 Å². The first-order valence-electron chi connectivity index (χ1n) is 8.43. The summed E-state index contributed by atoms with van der Waals surface area (Å²) in [6.45, 7) is 2.97. The van der Waals surface area contributed by atoms with Crippen molar-refractivity contribution in [2.24, 2.45) is 0 Å². The van der Waals surface area contributed by atoms with E-state index in [0.29, 0.717) is 17.7 Å². The molecule has 1 aliphatic heterocycles. The molecule has 4 rings (SSSR count). The van der Waals surface area contributed by atoms with E-state index in [0.717, 1.165) is 44.0 Å². The van der Waals surface area contributed by atoms with Crippen molar-refractivity contribution in [2.75, 3.05) is 18.4 Å². The molecule has 0 atom stereocenters. The number of anilines is 2. The van der Waals surface area contributed by atoms with Crippen molar-refractivity contribution in [3.63, 3.8) is 0 Å². The van der Waals surface area contributed by atoms with Gasteiger partial charge in [0.2, 0.25) is 5.95 Å². The van der Waals surface area contributed by atoms with Crippen LogP contribution in [0, 0.1) is 0 Å². The minimum atomic E-state index is 0.457. The second-order valence-corrected chi connectivity index (χ2v) is 6.11. The van der Waals surface area contributed by atoms with Crippen LogP contribution >= 0.6 is 0 Å². The zero-order valence-electron chi connectivity index (χ0n) is 13.8. The summed E-state index contributed by atoms with van der Waals surface area (Å²) < 4.78 is 0. The molecule has 3 aromatic rings. The highest BCUT2D eigenvalue weighted by molar-refractivity contribution is 5.45. The van der Waals surface area contributed by atoms with Crippen LogP contribution in [0.4, 0.5) is 11.8 Å². The Labute approximate surface area is 145 Å². The number of hydrogen-bond donors (Lipinski definition) is 2. The van der Waals surface area contributed by atoms with Gasteiger partial charge in [-0.05, 0) is 32.0 Å². The summed E-state index contributed by atoms with van der Waals surface area (Å²) in [4.78, 5) is 27.1. The fourth-order valence-corrected chi connectivity index (χ4v) is 3.12. The van der Waals surface area contributed by atoms with Crippen molar-refractivity contribution < 1.29 is 0 Å². The molecule has 0 radical (unpaired) electrons. The Hall–Kier alpha value is -2.87. The molecule has 8 heteroatoms. The van der Waals surface area contributed by atoms with Crippen molar-refractivity contribution in [3.05, 3.63) is 54.8 Å². The quantitative estimate of drug-likeness (QED) is 0.736. The molecule has 0 amide bonds. The minimum absolute atomic E-state index is 0.457. The van der Waals surface area contributed by atoms with Crippen LogP contribution in [0.5, 0.6) is 0 Å². The lowest BCUT2D eigenvalue weighted by Gasteiger charge is -2.31. The normalized spacial score (nSPS) is 16.0. The summed E-state index contributed by atoms with van der Waals surface area (Å²) >= 11 is 0. The van der Waals surface area contributed by atoms with Gasteiger partial charge in [-0.2, -0.15) is 0 Å². The number of H-pyrrole nitrogens is 1. The predicted octanol–water partition coefficient (Wildman–Crippen LogP) is 2.11. The Bertz CT molecular complexity index is 781. The van der Waals surface area contributed by atoms with Gasteiger partial charge in [-0.25, -0.2) is 19.9 Å². The number of nitrogens with one attached hydrogen (secondary N) is 2. The van der Waals surface area contributed by atoms with Crippen LogP contribution in [-0.2, 0) is 6.54 Å². The molecule has 2 N–H and O–H groups in total. The lowest BCUT2D eigenvalue weighted by molar-refractivity contribution is 0.199. The lowest BCUT2D eigenvalue weighted by Crippen LogP contribution is -2.33. The van der Waals surface area contributed by atoms with E-state index in [1.165, 1.54) is 0 Å². The number of rotatable bonds is 5. The molecule has 4 heterocycles. The smallest absolute Gasteiger partial charge is 0.228 e. The summed E-state index contributed by atoms with van der Waals surface area (Å²) in [5.41, 5.74) is 1.08. The van der Waals surface area contributed by atoms with Crippen molar-refractivity contribution in [3.8, 4) is 0 Å². The highest BCUT2D eigenvalue weighted by Gasteiger charge is 2.22. The van der Waals surface area contributed by atoms with Crippen molar-refractivity contribution in [1.29, 1.82) is 0 Å². The highest BCUT2D eigenvalue weighted by atomic mass is 15.2. The second-order valence-electron chi connectivity index (χ2n) is 6.11. The number of piperidine rings is 1. The van der Waals surface area contributed by atoms with Gasteiger partial charge in [0.15, 0.2) is 5.82 Å². The largest absolute Gasteiger partial charge is 0.348 e. The van der Waals surface area contributed by atoms with Crippen molar-refractivity contribution in [2.45, 2.75) is 25.3 Å². The summed E-state index contributed by atoms with van der Waals surface area (Å²) in [6.07, 6.45) is 12.6. The molecular weight excluding hydrogens is 316 g/mol. The SMILES string of the molecule is c1cnc(Nc2nccc(C3CCN(Cc4ncc[nH]4)CC3)n2)cn1. The van der Waals surface area contributed by atoms with Crippen molar-refractivity contribution in [1.82, 2.24) is 34.8 Å². The summed E-state index contributed by atoms with van der Waals surface area (Å²) in [5.74, 6) is 2.69. The van der Waals surface area contributed by atoms with Gasteiger partial charge in [0.1, 0.15) is 5.82 Å². The molecule has 3 aromatic heterocycles. The molecule has 1 fully saturated rings. The van der Waals surface area contributed by atoms with Crippen molar-refractivity contribution >= 4 is 11.8 Å². The van der Waals surface area contributed by atoms with E-state index in [4.69, 9.17) is 0 Å². The molecule has 0 bridgehead atoms. The Morgan fingerprint density at radius 2 is 2.00 bits per heavy atom. The predicted molar refractivity (Wildman–Crippen MR) is 93.2 cm³/mol. The zero-order valence-corrected chi connectivity index (χ0v) is 13.8. The Kier molecular flexibility index (Phi) is 4.60. The standard InChI is InChI=1S/C17H20N8/c1-4-22-17(24-15-11-18-5-6-19-15)23-14(1)13-2-9-25(10-3-13)12-16-20-7-8-21-16/h1,4-8,11,13H,2-3,9-10,12H2,(H,20,21)(H,19,22,23,24). The number of nitrogens with zero attached hydrogens (tertiary/aromatic N) is 6. The molecule has 0 spiro atoms. The number of aromatic nitrogens is 6. The van der Waals surface area contributed by atoms with Crippen LogP contribution in [-0.4, -0.2) is 47.9 Å². The third-order valence-electron chi connectivity index (χ3n) is 4.41. The topological polar surface area (TPSA) is 95.5 Å². The fourth-order valence-electron chi connectivity index (χ4n) is 3.12. The van der Waals surface area contributed by atoms with E-state index in [-0.39, 0.29) is 0 Å². The average Bonchev–Trinajstić information content (AvgIpc) is 3.16. The molecular formula is C17H20N8. The second kappa shape index (κ2) is 7.35. The number of aromatic amines is 1. The molecule has 0 unspecified atom stereocenters. The van der Waals surface area contributed by atoms with Crippen LogP contribution in [0.3, 0.4) is 0 Å². The van der Waals surface area contributed by atoms with E-state index in [1.807, 2.05) is 12.3 Å². The summed E-state index contributed by atoms with van der Waals surface area (Å²) in [6, 6.07) is 2.01. The van der Waals surface area contributed by atoms with Gasteiger partial charge in [-0.1, -0.05) is 0 Å². The molecule has 0 aromatic carbocycles. The monoisotopic (exact) mass is 336 g/mol. The molecule has 0 saturated carbocycles. The van der Waals surface area contributed by atoms with Crippen LogP contribution < -0.4 is 5.32 Å². The van der Waals surface area contributed by atoms with Gasteiger partial charge in [0.25, 0.3) is 0 Å². The molecule has 8 nitrogen and oxygen atoms in total. The first kappa shape index (κ1) is 15.6. The van der Waals surface area contributed by atoms with Gasteiger partial charge in [-0.3, -0.25) is 9.88 Å². The van der Waals surface area contributed by atoms with E-state index in [1.54, 1.807) is 31.0 Å². The van der Waals surface area contributed by atoms with E-state index in [9.17, 15) is 0 Å². The summed E-state index contributed by atoms with van der Waals surface area (Å²) in [7, 11) is 0. The molecule has 1 aliphatic rings. The number of likely N-dealkylation sites (tertiary alicyclic amines) is 1. The van der Waals surface area contributed by atoms with Crippen LogP contribution in [0.25, 0.3) is 0 Å². The van der Waals surface area contributed by atoms with Gasteiger partial charge < -0.3 is 10.3 Å². The van der Waals surface area contributed by atoms with Crippen LogP contribution in [0.2, 0.25) is 0 Å². The van der Waals surface area contributed by atoms with E-state index < -0.39 is 0 Å². The minimum Gasteiger partial charge on any atom is -0.348 e. The Morgan fingerprint density at radius 3 is 2.76 bits per heavy atom. The van der Waals surface area contributed by atoms with Crippen LogP contribution in [0.1, 0.15) is 30.3 Å². The van der Waals surface area contributed by atoms with Crippen LogP contribution in [0.15, 0.2) is 43.2 Å². The molecule has 128 valence electrons. The first-order chi connectivity index (χ1) is 12.4. The zero-order chi connectivity index (χ0) is 16.9. The molecule has 25 heavy (non-hydrogen) atoms. The van der Waals surface area contributed by atoms with Gasteiger partial charge in [-0.15, -0.1) is 0 Å². The Morgan fingerprint density at radius 1 is 1.08 bits per heavy atom. The summed E-state index contributed by atoms with van der Waals surface area (Å²) in [5, 5.41) is 3.10. The third-order valence-corrected chi connectivity index (χ3v) is 4.41. The maximum Gasteiger partial charge on any atom is 0.228 e. The fraction of sp³-hybridized carbons (Fsp3) is 0.353. The molecule has 1 saturated heterocycles. The maximum atomic E-state index is 4.67. The van der Waals surface area contributed by atoms with Gasteiger partial charge >= 0.3 is 0 Å². The maximum absolute atomic E-state index is 4.67. The molecule has 0 aliphatic carbocycles. The number of imidazole rings is 1. The Balaban J connectivity index is 1.37. The highest BCUT2D eigenvalue weighted by Crippen LogP contribution is 2.27. The number of hydrogen-bond acceptors (Lipinski definition) is 7. The van der Waals surface area contributed by atoms with E-state index >= 15 is 0 Å². The lowest BCUT2D eigenvalue weighted by atomic mass is 9.93. The first-order valence-corrected chi connectivity index (χ1v) is 8.43. The third kappa shape index (κ3) is 3.97.